The summed E-state index contributed by atoms with van der Waals surface area (Å²) >= 11 is 0. The van der Waals surface area contributed by atoms with Crippen molar-refractivity contribution < 1.29 is 9.53 Å². The van der Waals surface area contributed by atoms with Crippen LogP contribution in [0.3, 0.4) is 0 Å². The quantitative estimate of drug-likeness (QED) is 0.698. The Morgan fingerprint density at radius 3 is 2.55 bits per heavy atom. The van der Waals surface area contributed by atoms with Gasteiger partial charge in [0.15, 0.2) is 0 Å². The van der Waals surface area contributed by atoms with Crippen LogP contribution >= 0.6 is 0 Å². The second-order valence-electron chi connectivity index (χ2n) is 4.74. The lowest BCUT2D eigenvalue weighted by atomic mass is 10.1. The lowest BCUT2D eigenvalue weighted by Gasteiger charge is -2.24. The highest BCUT2D eigenvalue weighted by molar-refractivity contribution is 5.76. The third-order valence-electron chi connectivity index (χ3n) is 3.20. The molecule has 5 heteroatoms. The Morgan fingerprint density at radius 2 is 2.00 bits per heavy atom. The van der Waals surface area contributed by atoms with Crippen LogP contribution in [0, 0.1) is 0 Å². The van der Waals surface area contributed by atoms with Crippen LogP contribution in [0.15, 0.2) is 30.3 Å². The molecule has 20 heavy (non-hydrogen) atoms. The van der Waals surface area contributed by atoms with Gasteiger partial charge in [0.2, 0.25) is 5.91 Å². The number of carbonyl (C=O) groups excluding carboxylic acids is 1. The first kappa shape index (κ1) is 16.6. The highest BCUT2D eigenvalue weighted by Gasteiger charge is 2.18. The molecule has 1 atom stereocenters. The lowest BCUT2D eigenvalue weighted by molar-refractivity contribution is -0.134. The Bertz CT molecular complexity index is 380. The number of rotatable bonds is 9. The van der Waals surface area contributed by atoms with Crippen LogP contribution in [-0.2, 0) is 16.1 Å². The topological polar surface area (TPSA) is 81.6 Å². The molecular formula is C15H25N3O2. The normalized spacial score (nSPS) is 12.2. The molecule has 0 radical (unpaired) electrons. The van der Waals surface area contributed by atoms with E-state index in [-0.39, 0.29) is 12.0 Å². The first-order valence-corrected chi connectivity index (χ1v) is 6.95. The van der Waals surface area contributed by atoms with Gasteiger partial charge in [-0.1, -0.05) is 30.3 Å². The summed E-state index contributed by atoms with van der Waals surface area (Å²) in [5.74, 6) is 0.0552. The van der Waals surface area contributed by atoms with Gasteiger partial charge in [0.1, 0.15) is 0 Å². The van der Waals surface area contributed by atoms with Crippen molar-refractivity contribution in [3.05, 3.63) is 35.9 Å². The molecule has 1 rings (SSSR count). The van der Waals surface area contributed by atoms with E-state index in [1.54, 1.807) is 7.11 Å². The predicted octanol–water partition coefficient (Wildman–Crippen LogP) is 0.728. The summed E-state index contributed by atoms with van der Waals surface area (Å²) in [7, 11) is 1.58. The molecule has 1 unspecified atom stereocenters. The average Bonchev–Trinajstić information content (AvgIpc) is 2.49. The van der Waals surface area contributed by atoms with Gasteiger partial charge in [0.05, 0.1) is 12.5 Å². The smallest absolute Gasteiger partial charge is 0.225 e. The second-order valence-corrected chi connectivity index (χ2v) is 4.74. The Labute approximate surface area is 120 Å². The van der Waals surface area contributed by atoms with Gasteiger partial charge < -0.3 is 21.1 Å². The number of hydrogen-bond donors (Lipinski definition) is 2. The molecule has 1 aromatic rings. The number of amides is 1. The standard InChI is InChI=1S/C15H25N3O2/c1-20-14(11-17)10-15(19)18(9-5-8-16)12-13-6-3-2-4-7-13/h2-4,6-7,14H,5,8-12,16-17H2,1H3. The largest absolute Gasteiger partial charge is 0.380 e. The van der Waals surface area contributed by atoms with Crippen molar-refractivity contribution >= 4 is 5.91 Å². The van der Waals surface area contributed by atoms with Gasteiger partial charge in [0, 0.05) is 26.7 Å². The third kappa shape index (κ3) is 5.69. The predicted molar refractivity (Wildman–Crippen MR) is 80.0 cm³/mol. The molecule has 0 aromatic heterocycles. The molecule has 0 bridgehead atoms. The van der Waals surface area contributed by atoms with Crippen LogP contribution in [0.4, 0.5) is 0 Å². The SMILES string of the molecule is COC(CN)CC(=O)N(CCCN)Cc1ccccc1. The Hall–Kier alpha value is -1.43. The minimum atomic E-state index is -0.223. The van der Waals surface area contributed by atoms with Gasteiger partial charge in [0.25, 0.3) is 0 Å². The van der Waals surface area contributed by atoms with Crippen LogP contribution < -0.4 is 11.5 Å². The van der Waals surface area contributed by atoms with Crippen LogP contribution in [-0.4, -0.2) is 43.7 Å². The summed E-state index contributed by atoms with van der Waals surface area (Å²) in [6.07, 6.45) is 0.877. The number of nitrogens with two attached hydrogens (primary N) is 2. The van der Waals surface area contributed by atoms with E-state index < -0.39 is 0 Å². The van der Waals surface area contributed by atoms with Crippen molar-refractivity contribution in [1.82, 2.24) is 4.90 Å². The number of methoxy groups -OCH3 is 1. The summed E-state index contributed by atoms with van der Waals surface area (Å²) in [6.45, 7) is 2.17. The van der Waals surface area contributed by atoms with Crippen LogP contribution in [0.2, 0.25) is 0 Å². The van der Waals surface area contributed by atoms with Gasteiger partial charge in [-0.25, -0.2) is 0 Å². The zero-order chi connectivity index (χ0) is 14.8. The molecule has 0 heterocycles. The Kier molecular flexibility index (Phi) is 7.87. The van der Waals surface area contributed by atoms with Gasteiger partial charge >= 0.3 is 0 Å². The molecule has 0 fully saturated rings. The van der Waals surface area contributed by atoms with E-state index in [2.05, 4.69) is 0 Å². The van der Waals surface area contributed by atoms with Crippen molar-refractivity contribution in [3.63, 3.8) is 0 Å². The molecule has 1 aromatic carbocycles. The summed E-state index contributed by atoms with van der Waals surface area (Å²) in [5.41, 5.74) is 12.2. The highest BCUT2D eigenvalue weighted by Crippen LogP contribution is 2.08. The zero-order valence-corrected chi connectivity index (χ0v) is 12.1. The van der Waals surface area contributed by atoms with Crippen LogP contribution in [0.25, 0.3) is 0 Å². The van der Waals surface area contributed by atoms with Gasteiger partial charge in [-0.3, -0.25) is 4.79 Å². The summed E-state index contributed by atoms with van der Waals surface area (Å²) < 4.78 is 5.18. The lowest BCUT2D eigenvalue weighted by Crippen LogP contribution is -2.36. The number of benzene rings is 1. The molecule has 0 saturated carbocycles. The second kappa shape index (κ2) is 9.47. The molecule has 0 aliphatic rings. The maximum atomic E-state index is 12.3. The third-order valence-corrected chi connectivity index (χ3v) is 3.20. The maximum Gasteiger partial charge on any atom is 0.225 e. The molecule has 112 valence electrons. The highest BCUT2D eigenvalue weighted by atomic mass is 16.5. The van der Waals surface area contributed by atoms with E-state index in [0.29, 0.717) is 32.6 Å². The van der Waals surface area contributed by atoms with Crippen molar-refractivity contribution in [2.75, 3.05) is 26.7 Å². The fourth-order valence-electron chi connectivity index (χ4n) is 1.96. The first-order chi connectivity index (χ1) is 9.71. The Balaban J connectivity index is 2.65. The van der Waals surface area contributed by atoms with Crippen molar-refractivity contribution in [1.29, 1.82) is 0 Å². The van der Waals surface area contributed by atoms with Crippen molar-refractivity contribution in [2.24, 2.45) is 11.5 Å². The van der Waals surface area contributed by atoms with Gasteiger partial charge in [-0.15, -0.1) is 0 Å². The van der Waals surface area contributed by atoms with Gasteiger partial charge in [-0.2, -0.15) is 0 Å². The molecule has 5 nitrogen and oxygen atoms in total. The van der Waals surface area contributed by atoms with Crippen molar-refractivity contribution in [2.45, 2.75) is 25.5 Å². The molecule has 0 aliphatic heterocycles. The zero-order valence-electron chi connectivity index (χ0n) is 12.1. The molecule has 4 N–H and O–H groups in total. The van der Waals surface area contributed by atoms with Crippen LogP contribution in [0.5, 0.6) is 0 Å². The van der Waals surface area contributed by atoms with E-state index in [9.17, 15) is 4.79 Å². The van der Waals surface area contributed by atoms with Gasteiger partial charge in [-0.05, 0) is 18.5 Å². The molecule has 0 saturated heterocycles. The van der Waals surface area contributed by atoms with Crippen LogP contribution in [0.1, 0.15) is 18.4 Å². The molecule has 0 aliphatic carbocycles. The minimum Gasteiger partial charge on any atom is -0.380 e. The summed E-state index contributed by atoms with van der Waals surface area (Å²) in [4.78, 5) is 14.2. The fraction of sp³-hybridized carbons (Fsp3) is 0.533. The Morgan fingerprint density at radius 1 is 1.30 bits per heavy atom. The number of hydrogen-bond acceptors (Lipinski definition) is 4. The molecule has 0 spiro atoms. The molecule has 1 amide bonds. The van der Waals surface area contributed by atoms with E-state index >= 15 is 0 Å². The number of nitrogens with zero attached hydrogens (tertiary/aromatic N) is 1. The van der Waals surface area contributed by atoms with E-state index in [1.165, 1.54) is 0 Å². The number of ether oxygens (including phenoxy) is 1. The average molecular weight is 279 g/mol. The maximum absolute atomic E-state index is 12.3. The fourth-order valence-corrected chi connectivity index (χ4v) is 1.96. The van der Waals surface area contributed by atoms with Crippen molar-refractivity contribution in [3.8, 4) is 0 Å². The summed E-state index contributed by atoms with van der Waals surface area (Å²) in [5, 5.41) is 0. The first-order valence-electron chi connectivity index (χ1n) is 6.95. The summed E-state index contributed by atoms with van der Waals surface area (Å²) in [6, 6.07) is 9.93. The monoisotopic (exact) mass is 279 g/mol. The number of carbonyl (C=O) groups is 1. The van der Waals surface area contributed by atoms with E-state index in [4.69, 9.17) is 16.2 Å². The van der Waals surface area contributed by atoms with E-state index in [1.807, 2.05) is 35.2 Å². The van der Waals surface area contributed by atoms with E-state index in [0.717, 1.165) is 12.0 Å². The molecular weight excluding hydrogens is 254 g/mol. The minimum absolute atomic E-state index is 0.0552.